The van der Waals surface area contributed by atoms with E-state index >= 15 is 0 Å². The average molecular weight is 507 g/mol. The summed E-state index contributed by atoms with van der Waals surface area (Å²) in [5, 5.41) is 15.6. The SMILES string of the molecule is COCCNC(=S)N(C)[C@H]1C[C@H]2c3[nH]c4c(-c5ccccc5)cccc4c3CCN2C(=O)[C@H]1[C@H](C)O. The normalized spacial score (nSPS) is 22.2. The summed E-state index contributed by atoms with van der Waals surface area (Å²) >= 11 is 5.64. The number of hydrogen-bond donors (Lipinski definition) is 3. The molecule has 3 aromatic rings. The maximum Gasteiger partial charge on any atom is 0.230 e. The highest BCUT2D eigenvalue weighted by Gasteiger charge is 2.48. The lowest BCUT2D eigenvalue weighted by atomic mass is 9.79. The zero-order chi connectivity index (χ0) is 25.4. The van der Waals surface area contributed by atoms with Crippen LogP contribution in [0.5, 0.6) is 0 Å². The van der Waals surface area contributed by atoms with Crippen LogP contribution in [0.15, 0.2) is 48.5 Å². The highest BCUT2D eigenvalue weighted by Crippen LogP contribution is 2.44. The third kappa shape index (κ3) is 4.27. The number of nitrogens with one attached hydrogen (secondary N) is 2. The van der Waals surface area contributed by atoms with Gasteiger partial charge < -0.3 is 29.9 Å². The molecule has 0 spiro atoms. The molecule has 1 aromatic heterocycles. The molecule has 0 bridgehead atoms. The van der Waals surface area contributed by atoms with Gasteiger partial charge >= 0.3 is 0 Å². The van der Waals surface area contributed by atoms with Crippen LogP contribution in [-0.4, -0.2) is 76.9 Å². The van der Waals surface area contributed by atoms with Gasteiger partial charge in [-0.05, 0) is 43.1 Å². The Bertz CT molecular complexity index is 1260. The Balaban J connectivity index is 1.53. The summed E-state index contributed by atoms with van der Waals surface area (Å²) in [6, 6.07) is 16.5. The minimum Gasteiger partial charge on any atom is -0.393 e. The van der Waals surface area contributed by atoms with Crippen LogP contribution in [0, 0.1) is 5.92 Å². The Morgan fingerprint density at radius 2 is 2.06 bits per heavy atom. The van der Waals surface area contributed by atoms with Gasteiger partial charge in [-0.3, -0.25) is 4.79 Å². The molecule has 7 nitrogen and oxygen atoms in total. The number of aliphatic hydroxyl groups excluding tert-OH is 1. The Morgan fingerprint density at radius 3 is 2.78 bits per heavy atom. The number of fused-ring (bicyclic) bond motifs is 5. The van der Waals surface area contributed by atoms with Gasteiger partial charge in [-0.2, -0.15) is 0 Å². The number of amides is 1. The predicted molar refractivity (Wildman–Crippen MR) is 146 cm³/mol. The van der Waals surface area contributed by atoms with E-state index in [1.165, 1.54) is 10.9 Å². The molecule has 0 radical (unpaired) electrons. The summed E-state index contributed by atoms with van der Waals surface area (Å²) in [5.74, 6) is -0.551. The number of thiocarbonyl (C=S) groups is 1. The van der Waals surface area contributed by atoms with Gasteiger partial charge in [0.05, 0.1) is 30.2 Å². The van der Waals surface area contributed by atoms with Crippen LogP contribution >= 0.6 is 12.2 Å². The summed E-state index contributed by atoms with van der Waals surface area (Å²) in [5.41, 5.74) is 5.83. The van der Waals surface area contributed by atoms with Crippen LogP contribution in [0.1, 0.15) is 30.6 Å². The molecule has 5 rings (SSSR count). The first kappa shape index (κ1) is 24.7. The van der Waals surface area contributed by atoms with Crippen molar-refractivity contribution in [3.63, 3.8) is 0 Å². The lowest BCUT2D eigenvalue weighted by molar-refractivity contribution is -0.151. The molecule has 36 heavy (non-hydrogen) atoms. The van der Waals surface area contributed by atoms with Gasteiger partial charge in [-0.25, -0.2) is 0 Å². The van der Waals surface area contributed by atoms with Crippen molar-refractivity contribution in [2.75, 3.05) is 33.9 Å². The molecule has 190 valence electrons. The fourth-order valence-electron chi connectivity index (χ4n) is 5.95. The molecular formula is C28H34N4O3S. The van der Waals surface area contributed by atoms with Crippen molar-refractivity contribution < 1.29 is 14.6 Å². The first-order valence-electron chi connectivity index (χ1n) is 12.6. The van der Waals surface area contributed by atoms with Crippen molar-refractivity contribution in [1.29, 1.82) is 0 Å². The van der Waals surface area contributed by atoms with E-state index in [-0.39, 0.29) is 18.0 Å². The van der Waals surface area contributed by atoms with Gasteiger partial charge in [0.15, 0.2) is 5.11 Å². The second-order valence-electron chi connectivity index (χ2n) is 9.81. The number of para-hydroxylation sites is 1. The maximum atomic E-state index is 13.8. The lowest BCUT2D eigenvalue weighted by Gasteiger charge is -2.49. The van der Waals surface area contributed by atoms with Crippen molar-refractivity contribution in [1.82, 2.24) is 20.1 Å². The zero-order valence-electron chi connectivity index (χ0n) is 21.0. The van der Waals surface area contributed by atoms with Crippen LogP contribution in [-0.2, 0) is 16.0 Å². The summed E-state index contributed by atoms with van der Waals surface area (Å²) in [6.07, 6.45) is 0.700. The Kier molecular flexibility index (Phi) is 7.01. The standard InChI is InChI=1S/C28H34N4O3S/c1-17(33)24-22(31(2)28(36)29-13-15-35-3)16-23-26-21(12-14-32(23)27(24)34)20-11-7-10-19(25(20)30-26)18-8-5-4-6-9-18/h4-11,17,22-24,30,33H,12-16H2,1-3H3,(H,29,36)/t17-,22-,23-,24-/m0/s1. The summed E-state index contributed by atoms with van der Waals surface area (Å²) in [6.45, 7) is 3.48. The predicted octanol–water partition coefficient (Wildman–Crippen LogP) is 3.48. The van der Waals surface area contributed by atoms with Crippen molar-refractivity contribution >= 4 is 34.1 Å². The molecule has 0 saturated carbocycles. The van der Waals surface area contributed by atoms with Gasteiger partial charge in [0, 0.05) is 49.9 Å². The quantitative estimate of drug-likeness (QED) is 0.351. The smallest absolute Gasteiger partial charge is 0.230 e. The molecule has 8 heteroatoms. The number of methoxy groups -OCH3 is 1. The number of aliphatic hydroxyl groups is 1. The van der Waals surface area contributed by atoms with Crippen LogP contribution in [0.4, 0.5) is 0 Å². The molecule has 2 aliphatic rings. The van der Waals surface area contributed by atoms with Crippen LogP contribution in [0.2, 0.25) is 0 Å². The number of carbonyl (C=O) groups is 1. The number of H-pyrrole nitrogens is 1. The number of ether oxygens (including phenoxy) is 1. The topological polar surface area (TPSA) is 80.8 Å². The molecule has 3 heterocycles. The van der Waals surface area contributed by atoms with Gasteiger partial charge in [0.2, 0.25) is 5.91 Å². The van der Waals surface area contributed by atoms with Crippen molar-refractivity contribution in [2.24, 2.45) is 5.92 Å². The largest absolute Gasteiger partial charge is 0.393 e. The third-order valence-corrected chi connectivity index (χ3v) is 8.17. The van der Waals surface area contributed by atoms with E-state index in [0.717, 1.165) is 28.8 Å². The molecule has 1 saturated heterocycles. The van der Waals surface area contributed by atoms with E-state index in [0.29, 0.717) is 31.2 Å². The third-order valence-electron chi connectivity index (χ3n) is 7.74. The van der Waals surface area contributed by atoms with Crippen molar-refractivity contribution in [3.05, 3.63) is 59.8 Å². The van der Waals surface area contributed by atoms with Crippen LogP contribution < -0.4 is 5.32 Å². The number of benzene rings is 2. The number of hydrogen-bond acceptors (Lipinski definition) is 4. The highest BCUT2D eigenvalue weighted by atomic mass is 32.1. The van der Waals surface area contributed by atoms with E-state index in [2.05, 4.69) is 52.8 Å². The Hall–Kier alpha value is -2.94. The van der Waals surface area contributed by atoms with E-state index in [4.69, 9.17) is 17.0 Å². The Morgan fingerprint density at radius 1 is 1.28 bits per heavy atom. The summed E-state index contributed by atoms with van der Waals surface area (Å²) in [4.78, 5) is 21.4. The fourth-order valence-corrected chi connectivity index (χ4v) is 6.19. The van der Waals surface area contributed by atoms with Gasteiger partial charge in [0.1, 0.15) is 0 Å². The maximum absolute atomic E-state index is 13.8. The molecule has 2 aliphatic heterocycles. The van der Waals surface area contributed by atoms with Crippen LogP contribution in [0.25, 0.3) is 22.0 Å². The molecule has 2 aromatic carbocycles. The molecule has 0 unspecified atom stereocenters. The molecule has 1 fully saturated rings. The van der Waals surface area contributed by atoms with Gasteiger partial charge in [-0.1, -0.05) is 48.5 Å². The monoisotopic (exact) mass is 506 g/mol. The first-order valence-corrected chi connectivity index (χ1v) is 13.0. The first-order chi connectivity index (χ1) is 17.4. The number of piperidine rings is 1. The van der Waals surface area contributed by atoms with E-state index in [1.807, 2.05) is 22.9 Å². The van der Waals surface area contributed by atoms with E-state index < -0.39 is 12.0 Å². The van der Waals surface area contributed by atoms with Gasteiger partial charge in [-0.15, -0.1) is 0 Å². The summed E-state index contributed by atoms with van der Waals surface area (Å²) in [7, 11) is 3.56. The van der Waals surface area contributed by atoms with Gasteiger partial charge in [0.25, 0.3) is 0 Å². The number of nitrogens with zero attached hydrogens (tertiary/aromatic N) is 2. The fraction of sp³-hybridized carbons (Fsp3) is 0.429. The minimum atomic E-state index is -0.776. The van der Waals surface area contributed by atoms with Crippen molar-refractivity contribution in [3.8, 4) is 11.1 Å². The molecule has 3 N–H and O–H groups in total. The second-order valence-corrected chi connectivity index (χ2v) is 10.2. The molecule has 1 amide bonds. The minimum absolute atomic E-state index is 0.00891. The second kappa shape index (κ2) is 10.2. The van der Waals surface area contributed by atoms with E-state index in [9.17, 15) is 9.90 Å². The average Bonchev–Trinajstić information content (AvgIpc) is 3.28. The Labute approximate surface area is 217 Å². The highest BCUT2D eigenvalue weighted by molar-refractivity contribution is 7.80. The van der Waals surface area contributed by atoms with Crippen molar-refractivity contribution in [2.45, 2.75) is 38.0 Å². The summed E-state index contributed by atoms with van der Waals surface area (Å²) < 4.78 is 5.13. The number of carbonyl (C=O) groups excluding carboxylic acids is 1. The molecular weight excluding hydrogens is 472 g/mol. The van der Waals surface area contributed by atoms with Crippen LogP contribution in [0.3, 0.4) is 0 Å². The number of aromatic nitrogens is 1. The molecule has 0 aliphatic carbocycles. The number of rotatable bonds is 6. The molecule has 4 atom stereocenters. The lowest BCUT2D eigenvalue weighted by Crippen LogP contribution is -2.60. The number of aromatic amines is 1. The van der Waals surface area contributed by atoms with E-state index in [1.54, 1.807) is 14.0 Å². The zero-order valence-corrected chi connectivity index (χ0v) is 21.8.